The van der Waals surface area contributed by atoms with Crippen molar-refractivity contribution < 1.29 is 14.7 Å². The summed E-state index contributed by atoms with van der Waals surface area (Å²) in [4.78, 5) is 26.1. The minimum Gasteiger partial charge on any atom is -0.378 e. The van der Waals surface area contributed by atoms with E-state index in [4.69, 9.17) is 5.73 Å². The van der Waals surface area contributed by atoms with Gasteiger partial charge in [-0.25, -0.2) is 0 Å². The largest absolute Gasteiger partial charge is 0.378 e. The monoisotopic (exact) mass is 302 g/mol. The van der Waals surface area contributed by atoms with Crippen molar-refractivity contribution >= 4 is 11.8 Å². The molecule has 0 bridgehead atoms. The Bertz CT molecular complexity index is 624. The number of amides is 2. The van der Waals surface area contributed by atoms with Crippen molar-refractivity contribution in [3.63, 3.8) is 0 Å². The number of primary amides is 1. The third-order valence-corrected chi connectivity index (χ3v) is 5.04. The van der Waals surface area contributed by atoms with Gasteiger partial charge >= 0.3 is 0 Å². The van der Waals surface area contributed by atoms with Gasteiger partial charge in [0.15, 0.2) is 5.60 Å². The SMILES string of the molecule is Cc1ccccc1C1(C(=O)N2CCC[C@@](O)(C(N)=O)C2)CC1. The molecule has 2 fully saturated rings. The number of piperidine rings is 1. The number of hydrogen-bond acceptors (Lipinski definition) is 3. The van der Waals surface area contributed by atoms with Crippen LogP contribution in [0.1, 0.15) is 36.8 Å². The maximum absolute atomic E-state index is 13.0. The molecule has 3 rings (SSSR count). The fraction of sp³-hybridized carbons (Fsp3) is 0.529. The number of carbonyl (C=O) groups excluding carboxylic acids is 2. The van der Waals surface area contributed by atoms with Gasteiger partial charge in [-0.3, -0.25) is 9.59 Å². The number of nitrogens with two attached hydrogens (primary N) is 1. The number of hydrogen-bond donors (Lipinski definition) is 2. The van der Waals surface area contributed by atoms with Crippen molar-refractivity contribution in [1.29, 1.82) is 0 Å². The molecule has 1 aliphatic heterocycles. The first-order valence-corrected chi connectivity index (χ1v) is 7.77. The lowest BCUT2D eigenvalue weighted by molar-refractivity contribution is -0.150. The van der Waals surface area contributed by atoms with Crippen LogP contribution in [0.25, 0.3) is 0 Å². The molecule has 1 saturated heterocycles. The average molecular weight is 302 g/mol. The molecule has 1 aromatic carbocycles. The summed E-state index contributed by atoms with van der Waals surface area (Å²) in [6, 6.07) is 7.93. The minimum absolute atomic E-state index is 0.00873. The third-order valence-electron chi connectivity index (χ3n) is 5.04. The third kappa shape index (κ3) is 2.29. The first-order chi connectivity index (χ1) is 10.4. The second-order valence-electron chi connectivity index (χ2n) is 6.62. The zero-order valence-electron chi connectivity index (χ0n) is 12.8. The Labute approximate surface area is 130 Å². The molecule has 2 amide bonds. The van der Waals surface area contributed by atoms with Crippen molar-refractivity contribution in [2.24, 2.45) is 5.73 Å². The maximum atomic E-state index is 13.0. The highest BCUT2D eigenvalue weighted by atomic mass is 16.3. The lowest BCUT2D eigenvalue weighted by Crippen LogP contribution is -2.58. The molecule has 0 radical (unpaired) electrons. The van der Waals surface area contributed by atoms with Gasteiger partial charge in [0.05, 0.1) is 12.0 Å². The van der Waals surface area contributed by atoms with E-state index in [9.17, 15) is 14.7 Å². The number of aliphatic hydroxyl groups is 1. The van der Waals surface area contributed by atoms with Crippen LogP contribution >= 0.6 is 0 Å². The number of carbonyl (C=O) groups is 2. The van der Waals surface area contributed by atoms with Crippen molar-refractivity contribution in [2.45, 2.75) is 43.6 Å². The van der Waals surface area contributed by atoms with Gasteiger partial charge in [0, 0.05) is 6.54 Å². The van der Waals surface area contributed by atoms with Crippen LogP contribution in [0.15, 0.2) is 24.3 Å². The Kier molecular flexibility index (Phi) is 3.48. The summed E-state index contributed by atoms with van der Waals surface area (Å²) in [6.45, 7) is 2.59. The molecular weight excluding hydrogens is 280 g/mol. The van der Waals surface area contributed by atoms with Gasteiger partial charge in [-0.1, -0.05) is 24.3 Å². The van der Waals surface area contributed by atoms with Crippen LogP contribution < -0.4 is 5.73 Å². The first kappa shape index (κ1) is 15.0. The van der Waals surface area contributed by atoms with Crippen molar-refractivity contribution in [3.8, 4) is 0 Å². The molecule has 22 heavy (non-hydrogen) atoms. The number of nitrogens with zero attached hydrogens (tertiary/aromatic N) is 1. The molecule has 5 heteroatoms. The van der Waals surface area contributed by atoms with Crippen molar-refractivity contribution in [1.82, 2.24) is 4.90 Å². The Morgan fingerprint density at radius 3 is 2.50 bits per heavy atom. The van der Waals surface area contributed by atoms with E-state index in [2.05, 4.69) is 0 Å². The Morgan fingerprint density at radius 2 is 1.91 bits per heavy atom. The molecule has 5 nitrogen and oxygen atoms in total. The van der Waals surface area contributed by atoms with E-state index >= 15 is 0 Å². The predicted molar refractivity (Wildman–Crippen MR) is 82.0 cm³/mol. The fourth-order valence-electron chi connectivity index (χ4n) is 3.55. The second-order valence-corrected chi connectivity index (χ2v) is 6.62. The molecule has 0 unspecified atom stereocenters. The zero-order valence-corrected chi connectivity index (χ0v) is 12.8. The summed E-state index contributed by atoms with van der Waals surface area (Å²) in [5, 5.41) is 10.3. The van der Waals surface area contributed by atoms with Gasteiger partial charge in [0.25, 0.3) is 5.91 Å². The van der Waals surface area contributed by atoms with Crippen LogP contribution in [0.4, 0.5) is 0 Å². The van der Waals surface area contributed by atoms with E-state index < -0.39 is 16.9 Å². The summed E-state index contributed by atoms with van der Waals surface area (Å²) >= 11 is 0. The highest BCUT2D eigenvalue weighted by Gasteiger charge is 2.55. The van der Waals surface area contributed by atoms with E-state index in [1.807, 2.05) is 31.2 Å². The first-order valence-electron chi connectivity index (χ1n) is 7.77. The molecule has 2 aliphatic rings. The molecule has 1 saturated carbocycles. The van der Waals surface area contributed by atoms with Crippen LogP contribution in [-0.2, 0) is 15.0 Å². The number of benzene rings is 1. The van der Waals surface area contributed by atoms with Crippen LogP contribution in [0.5, 0.6) is 0 Å². The molecule has 1 aromatic rings. The Morgan fingerprint density at radius 1 is 1.23 bits per heavy atom. The summed E-state index contributed by atoms with van der Waals surface area (Å²) in [6.07, 6.45) is 2.56. The number of likely N-dealkylation sites (tertiary alicyclic amines) is 1. The van der Waals surface area contributed by atoms with Crippen LogP contribution in [-0.4, -0.2) is 40.5 Å². The van der Waals surface area contributed by atoms with Gasteiger partial charge in [0.1, 0.15) is 0 Å². The fourth-order valence-corrected chi connectivity index (χ4v) is 3.55. The highest BCUT2D eigenvalue weighted by Crippen LogP contribution is 2.51. The Hall–Kier alpha value is -1.88. The van der Waals surface area contributed by atoms with Gasteiger partial charge in [-0.15, -0.1) is 0 Å². The van der Waals surface area contributed by atoms with E-state index in [0.717, 1.165) is 24.0 Å². The number of β-amino-alcohol motifs (C(OH)–C–C–N with tert-alkyl or cyclic N) is 1. The highest BCUT2D eigenvalue weighted by molar-refractivity contribution is 5.93. The quantitative estimate of drug-likeness (QED) is 0.869. The van der Waals surface area contributed by atoms with Gasteiger partial charge in [-0.2, -0.15) is 0 Å². The molecule has 0 spiro atoms. The lowest BCUT2D eigenvalue weighted by atomic mass is 9.87. The van der Waals surface area contributed by atoms with E-state index in [0.29, 0.717) is 19.4 Å². The topological polar surface area (TPSA) is 83.6 Å². The molecule has 1 heterocycles. The second kappa shape index (κ2) is 5.09. The molecule has 118 valence electrons. The van der Waals surface area contributed by atoms with Gasteiger partial charge in [-0.05, 0) is 43.7 Å². The summed E-state index contributed by atoms with van der Waals surface area (Å²) in [7, 11) is 0. The smallest absolute Gasteiger partial charge is 0.251 e. The summed E-state index contributed by atoms with van der Waals surface area (Å²) < 4.78 is 0. The molecule has 1 aliphatic carbocycles. The van der Waals surface area contributed by atoms with Crippen LogP contribution in [0.3, 0.4) is 0 Å². The molecular formula is C17H22N2O3. The summed E-state index contributed by atoms with van der Waals surface area (Å²) in [5.74, 6) is -0.730. The molecule has 0 aromatic heterocycles. The van der Waals surface area contributed by atoms with Gasteiger partial charge in [0.2, 0.25) is 5.91 Å². The summed E-state index contributed by atoms with van der Waals surface area (Å²) in [5.41, 5.74) is 5.41. The lowest BCUT2D eigenvalue weighted by Gasteiger charge is -2.39. The van der Waals surface area contributed by atoms with E-state index in [1.165, 1.54) is 0 Å². The van der Waals surface area contributed by atoms with E-state index in [-0.39, 0.29) is 12.5 Å². The standard InChI is InChI=1S/C17H22N2O3/c1-12-5-2-3-6-13(12)16(8-9-16)15(21)19-10-4-7-17(22,11-19)14(18)20/h2-3,5-6,22H,4,7-11H2,1H3,(H2,18,20)/t17-/m0/s1. The average Bonchev–Trinajstić information content (AvgIpc) is 3.28. The molecule has 3 N–H and O–H groups in total. The molecule has 1 atom stereocenters. The van der Waals surface area contributed by atoms with Crippen molar-refractivity contribution in [3.05, 3.63) is 35.4 Å². The number of aryl methyl sites for hydroxylation is 1. The van der Waals surface area contributed by atoms with Crippen LogP contribution in [0, 0.1) is 6.92 Å². The normalized spacial score (nSPS) is 26.5. The van der Waals surface area contributed by atoms with Gasteiger partial charge < -0.3 is 15.7 Å². The van der Waals surface area contributed by atoms with Crippen molar-refractivity contribution in [2.75, 3.05) is 13.1 Å². The van der Waals surface area contributed by atoms with E-state index in [1.54, 1.807) is 4.90 Å². The van der Waals surface area contributed by atoms with Crippen LogP contribution in [0.2, 0.25) is 0 Å². The predicted octanol–water partition coefficient (Wildman–Crippen LogP) is 0.865. The zero-order chi connectivity index (χ0) is 16.0. The Balaban J connectivity index is 1.85. The number of rotatable bonds is 3. The minimum atomic E-state index is -1.59. The maximum Gasteiger partial charge on any atom is 0.251 e.